The predicted octanol–water partition coefficient (Wildman–Crippen LogP) is 3.09. The van der Waals surface area contributed by atoms with Gasteiger partial charge in [0, 0.05) is 33.1 Å². The van der Waals surface area contributed by atoms with Crippen LogP contribution in [0.5, 0.6) is 0 Å². The number of amides is 2. The molecule has 2 heterocycles. The molecule has 0 N–H and O–H groups in total. The van der Waals surface area contributed by atoms with Crippen LogP contribution in [0.2, 0.25) is 0 Å². The first-order valence-corrected chi connectivity index (χ1v) is 9.02. The molecule has 0 unspecified atom stereocenters. The van der Waals surface area contributed by atoms with Crippen LogP contribution in [0, 0.1) is 11.7 Å². The van der Waals surface area contributed by atoms with Crippen LogP contribution in [0.15, 0.2) is 29.8 Å². The van der Waals surface area contributed by atoms with Crippen molar-refractivity contribution in [2.75, 3.05) is 26.2 Å². The molecule has 1 atom stereocenters. The standard InChI is InChI=1S/C20H25FN2O2/c1-15(24)23-9-3-5-18(14-23)20(25)22-10-7-16(8-11-22)12-17-4-2-6-19(21)13-17/h2,4,6,12-13,18H,3,5,7-11,14H2,1H3/t18-/m0/s1. The lowest BCUT2D eigenvalue weighted by atomic mass is 9.94. The van der Waals surface area contributed by atoms with E-state index in [0.29, 0.717) is 19.6 Å². The van der Waals surface area contributed by atoms with Gasteiger partial charge in [0.2, 0.25) is 11.8 Å². The van der Waals surface area contributed by atoms with Gasteiger partial charge in [-0.25, -0.2) is 4.39 Å². The van der Waals surface area contributed by atoms with E-state index in [1.165, 1.54) is 17.7 Å². The van der Waals surface area contributed by atoms with E-state index < -0.39 is 0 Å². The fourth-order valence-corrected chi connectivity index (χ4v) is 3.71. The summed E-state index contributed by atoms with van der Waals surface area (Å²) < 4.78 is 13.3. The Morgan fingerprint density at radius 2 is 1.92 bits per heavy atom. The van der Waals surface area contributed by atoms with Crippen molar-refractivity contribution in [2.24, 2.45) is 5.92 Å². The minimum absolute atomic E-state index is 0.0523. The molecule has 2 aliphatic rings. The monoisotopic (exact) mass is 344 g/mol. The predicted molar refractivity (Wildman–Crippen MR) is 95.2 cm³/mol. The highest BCUT2D eigenvalue weighted by Gasteiger charge is 2.31. The zero-order valence-electron chi connectivity index (χ0n) is 14.7. The number of piperidine rings is 2. The molecule has 0 radical (unpaired) electrons. The minimum Gasteiger partial charge on any atom is -0.342 e. The molecule has 5 heteroatoms. The average Bonchev–Trinajstić information content (AvgIpc) is 2.62. The molecule has 2 aliphatic heterocycles. The van der Waals surface area contributed by atoms with E-state index in [1.807, 2.05) is 17.0 Å². The Balaban J connectivity index is 1.56. The molecule has 0 bridgehead atoms. The Bertz CT molecular complexity index is 676. The van der Waals surface area contributed by atoms with Gasteiger partial charge in [-0.1, -0.05) is 23.8 Å². The molecular weight excluding hydrogens is 319 g/mol. The van der Waals surface area contributed by atoms with Crippen molar-refractivity contribution in [1.82, 2.24) is 9.80 Å². The molecule has 4 nitrogen and oxygen atoms in total. The normalized spacial score (nSPS) is 21.2. The first kappa shape index (κ1) is 17.6. The molecule has 134 valence electrons. The Morgan fingerprint density at radius 3 is 2.60 bits per heavy atom. The number of hydrogen-bond acceptors (Lipinski definition) is 2. The fraction of sp³-hybridized carbons (Fsp3) is 0.500. The number of nitrogens with zero attached hydrogens (tertiary/aromatic N) is 2. The van der Waals surface area contributed by atoms with E-state index in [-0.39, 0.29) is 23.5 Å². The van der Waals surface area contributed by atoms with Gasteiger partial charge in [0.05, 0.1) is 5.92 Å². The van der Waals surface area contributed by atoms with Gasteiger partial charge in [0.15, 0.2) is 0 Å². The average molecular weight is 344 g/mol. The lowest BCUT2D eigenvalue weighted by Crippen LogP contribution is -2.47. The van der Waals surface area contributed by atoms with Gasteiger partial charge < -0.3 is 9.80 Å². The Kier molecular flexibility index (Phi) is 5.51. The number of carbonyl (C=O) groups excluding carboxylic acids is 2. The molecule has 0 spiro atoms. The van der Waals surface area contributed by atoms with Crippen molar-refractivity contribution < 1.29 is 14.0 Å². The summed E-state index contributed by atoms with van der Waals surface area (Å²) in [5, 5.41) is 0. The minimum atomic E-state index is -0.228. The van der Waals surface area contributed by atoms with Gasteiger partial charge in [0.1, 0.15) is 5.82 Å². The molecule has 1 aromatic rings. The molecular formula is C20H25FN2O2. The summed E-state index contributed by atoms with van der Waals surface area (Å²) in [6.45, 7) is 4.29. The highest BCUT2D eigenvalue weighted by molar-refractivity contribution is 5.81. The molecule has 2 saturated heterocycles. The topological polar surface area (TPSA) is 40.6 Å². The largest absolute Gasteiger partial charge is 0.342 e. The van der Waals surface area contributed by atoms with Crippen molar-refractivity contribution in [1.29, 1.82) is 0 Å². The summed E-state index contributed by atoms with van der Waals surface area (Å²) in [5.41, 5.74) is 2.13. The van der Waals surface area contributed by atoms with Gasteiger partial charge in [0.25, 0.3) is 0 Å². The van der Waals surface area contributed by atoms with Crippen LogP contribution in [0.3, 0.4) is 0 Å². The van der Waals surface area contributed by atoms with Gasteiger partial charge in [-0.3, -0.25) is 9.59 Å². The summed E-state index contributed by atoms with van der Waals surface area (Å²) >= 11 is 0. The van der Waals surface area contributed by atoms with Gasteiger partial charge in [-0.05, 0) is 43.4 Å². The lowest BCUT2D eigenvalue weighted by Gasteiger charge is -2.36. The third kappa shape index (κ3) is 4.47. The number of hydrogen-bond donors (Lipinski definition) is 0. The van der Waals surface area contributed by atoms with Crippen molar-refractivity contribution >= 4 is 17.9 Å². The summed E-state index contributed by atoms with van der Waals surface area (Å²) in [5.74, 6) is -0.0621. The number of carbonyl (C=O) groups is 2. The first-order chi connectivity index (χ1) is 12.0. The summed E-state index contributed by atoms with van der Waals surface area (Å²) in [4.78, 5) is 28.0. The van der Waals surface area contributed by atoms with E-state index in [9.17, 15) is 14.0 Å². The summed E-state index contributed by atoms with van der Waals surface area (Å²) in [6, 6.07) is 6.58. The fourth-order valence-electron chi connectivity index (χ4n) is 3.71. The SMILES string of the molecule is CC(=O)N1CCC[C@H](C(=O)N2CCC(=Cc3cccc(F)c3)CC2)C1. The zero-order valence-corrected chi connectivity index (χ0v) is 14.7. The maximum absolute atomic E-state index is 13.3. The molecule has 1 aromatic carbocycles. The Hall–Kier alpha value is -2.17. The number of benzene rings is 1. The van der Waals surface area contributed by atoms with Crippen molar-refractivity contribution in [3.8, 4) is 0 Å². The Labute approximate surface area is 148 Å². The lowest BCUT2D eigenvalue weighted by molar-refractivity contribution is -0.140. The van der Waals surface area contributed by atoms with Crippen LogP contribution < -0.4 is 0 Å². The number of halogens is 1. The molecule has 2 amide bonds. The molecule has 25 heavy (non-hydrogen) atoms. The van der Waals surface area contributed by atoms with Crippen LogP contribution in [-0.2, 0) is 9.59 Å². The molecule has 0 aliphatic carbocycles. The second-order valence-corrected chi connectivity index (χ2v) is 6.99. The van der Waals surface area contributed by atoms with E-state index in [1.54, 1.807) is 17.9 Å². The second kappa shape index (κ2) is 7.81. The van der Waals surface area contributed by atoms with E-state index in [2.05, 4.69) is 0 Å². The van der Waals surface area contributed by atoms with Crippen LogP contribution in [0.1, 0.15) is 38.2 Å². The van der Waals surface area contributed by atoms with E-state index in [0.717, 1.165) is 37.8 Å². The summed E-state index contributed by atoms with van der Waals surface area (Å²) in [7, 11) is 0. The van der Waals surface area contributed by atoms with Crippen molar-refractivity contribution in [3.05, 3.63) is 41.2 Å². The summed E-state index contributed by atoms with van der Waals surface area (Å²) in [6.07, 6.45) is 5.44. The maximum Gasteiger partial charge on any atom is 0.227 e. The van der Waals surface area contributed by atoms with Crippen LogP contribution in [-0.4, -0.2) is 47.8 Å². The number of likely N-dealkylation sites (tertiary alicyclic amines) is 2. The molecule has 3 rings (SSSR count). The van der Waals surface area contributed by atoms with Gasteiger partial charge >= 0.3 is 0 Å². The number of rotatable bonds is 2. The van der Waals surface area contributed by atoms with Crippen molar-refractivity contribution in [3.63, 3.8) is 0 Å². The van der Waals surface area contributed by atoms with Gasteiger partial charge in [-0.2, -0.15) is 0 Å². The highest BCUT2D eigenvalue weighted by Crippen LogP contribution is 2.24. The van der Waals surface area contributed by atoms with Crippen LogP contribution in [0.4, 0.5) is 4.39 Å². The van der Waals surface area contributed by atoms with Crippen molar-refractivity contribution in [2.45, 2.75) is 32.6 Å². The van der Waals surface area contributed by atoms with E-state index >= 15 is 0 Å². The Morgan fingerprint density at radius 1 is 1.16 bits per heavy atom. The first-order valence-electron chi connectivity index (χ1n) is 9.02. The third-order valence-electron chi connectivity index (χ3n) is 5.15. The third-order valence-corrected chi connectivity index (χ3v) is 5.15. The molecule has 0 aromatic heterocycles. The molecule has 2 fully saturated rings. The van der Waals surface area contributed by atoms with Gasteiger partial charge in [-0.15, -0.1) is 0 Å². The van der Waals surface area contributed by atoms with Crippen LogP contribution >= 0.6 is 0 Å². The van der Waals surface area contributed by atoms with Crippen LogP contribution in [0.25, 0.3) is 6.08 Å². The smallest absolute Gasteiger partial charge is 0.227 e. The second-order valence-electron chi connectivity index (χ2n) is 6.99. The highest BCUT2D eigenvalue weighted by atomic mass is 19.1. The zero-order chi connectivity index (χ0) is 17.8. The quantitative estimate of drug-likeness (QED) is 0.827. The maximum atomic E-state index is 13.3. The van der Waals surface area contributed by atoms with E-state index in [4.69, 9.17) is 0 Å². The molecule has 0 saturated carbocycles.